The summed E-state index contributed by atoms with van der Waals surface area (Å²) in [4.78, 5) is 26.6. The molecule has 0 atom stereocenters. The molecule has 0 radical (unpaired) electrons. The zero-order valence-corrected chi connectivity index (χ0v) is 13.5. The topological polar surface area (TPSA) is 55.2 Å². The van der Waals surface area contributed by atoms with Crippen LogP contribution < -0.4 is 4.90 Å². The second-order valence-electron chi connectivity index (χ2n) is 5.50. The third-order valence-corrected chi connectivity index (χ3v) is 4.32. The van der Waals surface area contributed by atoms with E-state index in [1.165, 1.54) is 11.1 Å². The Balaban J connectivity index is 1.86. The Morgan fingerprint density at radius 1 is 0.917 bits per heavy atom. The SMILES string of the molecule is Cn1ncc(N2C(=O)c3ccccc3C2=O)c1-c1ccc(Cl)cc1. The highest BCUT2D eigenvalue weighted by Gasteiger charge is 2.38. The van der Waals surface area contributed by atoms with Crippen LogP contribution in [-0.4, -0.2) is 21.6 Å². The second-order valence-corrected chi connectivity index (χ2v) is 5.94. The minimum absolute atomic E-state index is 0.334. The van der Waals surface area contributed by atoms with Crippen LogP contribution in [0.15, 0.2) is 54.7 Å². The molecule has 0 bridgehead atoms. The number of anilines is 1. The van der Waals surface area contributed by atoms with Gasteiger partial charge in [-0.2, -0.15) is 5.10 Å². The van der Waals surface area contributed by atoms with Crippen molar-refractivity contribution in [3.05, 3.63) is 70.9 Å². The van der Waals surface area contributed by atoms with E-state index in [1.54, 1.807) is 48.1 Å². The minimum Gasteiger partial charge on any atom is -0.268 e. The summed E-state index contributed by atoms with van der Waals surface area (Å²) in [6.07, 6.45) is 1.53. The van der Waals surface area contributed by atoms with Gasteiger partial charge in [0.15, 0.2) is 0 Å². The van der Waals surface area contributed by atoms with Gasteiger partial charge in [-0.05, 0) is 24.3 Å². The number of halogens is 1. The van der Waals surface area contributed by atoms with Crippen LogP contribution in [-0.2, 0) is 7.05 Å². The quantitative estimate of drug-likeness (QED) is 0.672. The number of amides is 2. The van der Waals surface area contributed by atoms with Gasteiger partial charge in [-0.1, -0.05) is 35.9 Å². The summed E-state index contributed by atoms with van der Waals surface area (Å²) in [5.74, 6) is -0.669. The normalized spacial score (nSPS) is 13.5. The molecule has 0 fully saturated rings. The lowest BCUT2D eigenvalue weighted by molar-refractivity contribution is 0.0926. The number of carbonyl (C=O) groups is 2. The summed E-state index contributed by atoms with van der Waals surface area (Å²) >= 11 is 5.95. The summed E-state index contributed by atoms with van der Waals surface area (Å²) in [5, 5.41) is 4.84. The molecule has 2 amide bonds. The molecule has 24 heavy (non-hydrogen) atoms. The summed E-state index contributed by atoms with van der Waals surface area (Å²) < 4.78 is 1.64. The molecule has 4 rings (SSSR count). The van der Waals surface area contributed by atoms with Crippen LogP contribution in [0.25, 0.3) is 11.3 Å². The summed E-state index contributed by atoms with van der Waals surface area (Å²) in [5.41, 5.74) is 2.79. The van der Waals surface area contributed by atoms with E-state index in [4.69, 9.17) is 11.6 Å². The van der Waals surface area contributed by atoms with Gasteiger partial charge in [0.05, 0.1) is 28.7 Å². The second kappa shape index (κ2) is 5.32. The molecule has 0 saturated heterocycles. The van der Waals surface area contributed by atoms with Crippen molar-refractivity contribution in [2.24, 2.45) is 7.05 Å². The van der Waals surface area contributed by atoms with Crippen molar-refractivity contribution < 1.29 is 9.59 Å². The van der Waals surface area contributed by atoms with Crippen LogP contribution in [0.1, 0.15) is 20.7 Å². The third-order valence-electron chi connectivity index (χ3n) is 4.07. The highest BCUT2D eigenvalue weighted by Crippen LogP contribution is 2.35. The number of hydrogen-bond donors (Lipinski definition) is 0. The zero-order chi connectivity index (χ0) is 16.8. The maximum absolute atomic E-state index is 12.7. The largest absolute Gasteiger partial charge is 0.268 e. The Kier molecular flexibility index (Phi) is 3.25. The van der Waals surface area contributed by atoms with Crippen LogP contribution >= 0.6 is 11.6 Å². The molecular formula is C18H12ClN3O2. The van der Waals surface area contributed by atoms with Gasteiger partial charge in [0, 0.05) is 17.6 Å². The Morgan fingerprint density at radius 3 is 2.08 bits per heavy atom. The molecule has 1 aliphatic rings. The van der Waals surface area contributed by atoms with Crippen molar-refractivity contribution in [1.82, 2.24) is 9.78 Å². The molecule has 2 aromatic carbocycles. The van der Waals surface area contributed by atoms with E-state index in [0.29, 0.717) is 27.5 Å². The number of benzene rings is 2. The molecule has 0 aliphatic carbocycles. The zero-order valence-electron chi connectivity index (χ0n) is 12.7. The van der Waals surface area contributed by atoms with Gasteiger partial charge in [-0.3, -0.25) is 14.3 Å². The van der Waals surface area contributed by atoms with E-state index in [1.807, 2.05) is 12.1 Å². The molecule has 118 valence electrons. The number of hydrogen-bond acceptors (Lipinski definition) is 3. The number of fused-ring (bicyclic) bond motifs is 1. The lowest BCUT2D eigenvalue weighted by atomic mass is 10.1. The number of rotatable bonds is 2. The smallest absolute Gasteiger partial charge is 0.266 e. The van der Waals surface area contributed by atoms with E-state index in [2.05, 4.69) is 5.10 Å². The fourth-order valence-corrected chi connectivity index (χ4v) is 3.07. The first-order valence-electron chi connectivity index (χ1n) is 7.33. The van der Waals surface area contributed by atoms with Crippen LogP contribution in [0.3, 0.4) is 0 Å². The predicted molar refractivity (Wildman–Crippen MR) is 91.2 cm³/mol. The van der Waals surface area contributed by atoms with Crippen LogP contribution in [0, 0.1) is 0 Å². The summed E-state index contributed by atoms with van der Waals surface area (Å²) in [7, 11) is 1.77. The van der Waals surface area contributed by atoms with E-state index in [-0.39, 0.29) is 11.8 Å². The van der Waals surface area contributed by atoms with Crippen LogP contribution in [0.4, 0.5) is 5.69 Å². The van der Waals surface area contributed by atoms with Gasteiger partial charge in [-0.15, -0.1) is 0 Å². The van der Waals surface area contributed by atoms with Crippen molar-refractivity contribution in [3.8, 4) is 11.3 Å². The first-order chi connectivity index (χ1) is 11.6. The van der Waals surface area contributed by atoms with Crippen molar-refractivity contribution in [1.29, 1.82) is 0 Å². The number of nitrogens with zero attached hydrogens (tertiary/aromatic N) is 3. The first kappa shape index (κ1) is 14.7. The Morgan fingerprint density at radius 2 is 1.50 bits per heavy atom. The average Bonchev–Trinajstić information content (AvgIpc) is 3.07. The molecule has 5 nitrogen and oxygen atoms in total. The molecule has 1 aromatic heterocycles. The fraction of sp³-hybridized carbons (Fsp3) is 0.0556. The monoisotopic (exact) mass is 337 g/mol. The average molecular weight is 338 g/mol. The fourth-order valence-electron chi connectivity index (χ4n) is 2.94. The summed E-state index contributed by atoms with van der Waals surface area (Å²) in [6, 6.07) is 14.0. The van der Waals surface area contributed by atoms with E-state index in [9.17, 15) is 9.59 Å². The Hall–Kier alpha value is -2.92. The van der Waals surface area contributed by atoms with Gasteiger partial charge in [-0.25, -0.2) is 4.90 Å². The Bertz CT molecular complexity index is 941. The molecule has 0 unspecified atom stereocenters. The number of imide groups is 1. The number of carbonyl (C=O) groups excluding carboxylic acids is 2. The highest BCUT2D eigenvalue weighted by atomic mass is 35.5. The van der Waals surface area contributed by atoms with Crippen molar-refractivity contribution in [2.45, 2.75) is 0 Å². The molecular weight excluding hydrogens is 326 g/mol. The highest BCUT2D eigenvalue weighted by molar-refractivity contribution is 6.35. The lowest BCUT2D eigenvalue weighted by Gasteiger charge is -2.15. The van der Waals surface area contributed by atoms with Crippen LogP contribution in [0.2, 0.25) is 5.02 Å². The number of aryl methyl sites for hydroxylation is 1. The van der Waals surface area contributed by atoms with E-state index in [0.717, 1.165) is 5.56 Å². The Labute approximate surface area is 143 Å². The van der Waals surface area contributed by atoms with Gasteiger partial charge in [0.25, 0.3) is 11.8 Å². The minimum atomic E-state index is -0.334. The first-order valence-corrected chi connectivity index (χ1v) is 7.71. The van der Waals surface area contributed by atoms with Crippen LogP contribution in [0.5, 0.6) is 0 Å². The molecule has 0 spiro atoms. The predicted octanol–water partition coefficient (Wildman–Crippen LogP) is 3.54. The van der Waals surface area contributed by atoms with Crippen molar-refractivity contribution in [2.75, 3.05) is 4.90 Å². The maximum Gasteiger partial charge on any atom is 0.266 e. The van der Waals surface area contributed by atoms with Crippen molar-refractivity contribution >= 4 is 29.1 Å². The van der Waals surface area contributed by atoms with Gasteiger partial charge < -0.3 is 0 Å². The molecule has 1 aliphatic heterocycles. The molecule has 0 saturated carbocycles. The molecule has 0 N–H and O–H groups in total. The lowest BCUT2D eigenvalue weighted by Crippen LogP contribution is -2.29. The number of aromatic nitrogens is 2. The standard InChI is InChI=1S/C18H12ClN3O2/c1-21-16(11-6-8-12(19)9-7-11)15(10-20-21)22-17(23)13-4-2-3-5-14(13)18(22)24/h2-10H,1H3. The molecule has 2 heterocycles. The summed E-state index contributed by atoms with van der Waals surface area (Å²) in [6.45, 7) is 0. The van der Waals surface area contributed by atoms with Gasteiger partial charge in [0.1, 0.15) is 0 Å². The van der Waals surface area contributed by atoms with Gasteiger partial charge >= 0.3 is 0 Å². The molecule has 3 aromatic rings. The van der Waals surface area contributed by atoms with Crippen molar-refractivity contribution in [3.63, 3.8) is 0 Å². The van der Waals surface area contributed by atoms with Gasteiger partial charge in [0.2, 0.25) is 0 Å². The maximum atomic E-state index is 12.7. The third kappa shape index (κ3) is 2.06. The van der Waals surface area contributed by atoms with E-state index >= 15 is 0 Å². The molecule has 6 heteroatoms. The van der Waals surface area contributed by atoms with E-state index < -0.39 is 0 Å².